The first-order valence-electron chi connectivity index (χ1n) is 19.1. The average Bonchev–Trinajstić information content (AvgIpc) is 3.87. The molecule has 3 aliphatic heterocycles. The summed E-state index contributed by atoms with van der Waals surface area (Å²) in [5, 5.41) is 1.04. The van der Waals surface area contributed by atoms with Crippen molar-refractivity contribution >= 4 is 47.5 Å². The van der Waals surface area contributed by atoms with E-state index in [1.54, 1.807) is 0 Å². The maximum absolute atomic E-state index is 7.49. The molecule has 0 spiro atoms. The van der Waals surface area contributed by atoms with E-state index >= 15 is 0 Å². The Hall–Kier alpha value is -0.0956. The highest BCUT2D eigenvalue weighted by molar-refractivity contribution is 6.96. The number of epoxide rings is 3. The highest BCUT2D eigenvalue weighted by atomic mass is 28.5. The third kappa shape index (κ3) is 17.8. The zero-order valence-electron chi connectivity index (χ0n) is 32.4. The quantitative estimate of drug-likeness (QED) is 0.0470. The molecule has 3 unspecified atom stereocenters. The topological polar surface area (TPSA) is 102 Å². The van der Waals surface area contributed by atoms with Crippen LogP contribution in [0.5, 0.6) is 0 Å². The predicted octanol–water partition coefficient (Wildman–Crippen LogP) is 6.80. The summed E-state index contributed by atoms with van der Waals surface area (Å²) in [4.78, 5) is 0. The molecule has 15 heteroatoms. The normalized spacial score (nSPS) is 22.0. The molecular weight excluding hydrogens is 721 g/mol. The van der Waals surface area contributed by atoms with Gasteiger partial charge in [-0.1, -0.05) is 49.6 Å². The molecule has 1 aromatic carbocycles. The van der Waals surface area contributed by atoms with Crippen LogP contribution < -0.4 is 5.19 Å². The van der Waals surface area contributed by atoms with Gasteiger partial charge in [0.05, 0.1) is 39.6 Å². The molecular formula is C35H68O10Si5. The number of ether oxygens (including phenoxy) is 6. The van der Waals surface area contributed by atoms with Crippen molar-refractivity contribution in [1.29, 1.82) is 0 Å². The first-order valence-corrected chi connectivity index (χ1v) is 33.0. The Labute approximate surface area is 308 Å². The Kier molecular flexibility index (Phi) is 17.1. The van der Waals surface area contributed by atoms with E-state index in [4.69, 9.17) is 44.9 Å². The first-order chi connectivity index (χ1) is 23.7. The van der Waals surface area contributed by atoms with Crippen LogP contribution in [0.3, 0.4) is 0 Å². The zero-order valence-corrected chi connectivity index (χ0v) is 37.4. The molecule has 50 heavy (non-hydrogen) atoms. The van der Waals surface area contributed by atoms with Crippen LogP contribution in [0.4, 0.5) is 0 Å². The molecule has 3 heterocycles. The van der Waals surface area contributed by atoms with E-state index in [9.17, 15) is 0 Å². The van der Waals surface area contributed by atoms with Crippen molar-refractivity contribution in [2.24, 2.45) is 0 Å². The second-order valence-corrected chi connectivity index (χ2v) is 36.3. The molecule has 3 aliphatic rings. The standard InChI is InChI=1S/C35H68O10Si5/c1-46(2,23-15-12-20-36-26-32-29-39-32)42-49(7,8)45-50(35-18-10-9-11-19-35,43-47(3,4)24-16-13-21-37-27-33-30-40-33)44-48(5,6)25-17-14-22-38-28-34-31-41-34/h9-11,18-19,32-34H,12-17,20-31H2,1-8H3. The van der Waals surface area contributed by atoms with Crippen molar-refractivity contribution in [3.05, 3.63) is 30.3 Å². The summed E-state index contributed by atoms with van der Waals surface area (Å²) in [6.45, 7) is 25.2. The average molecular weight is 789 g/mol. The summed E-state index contributed by atoms with van der Waals surface area (Å²) >= 11 is 0. The summed E-state index contributed by atoms with van der Waals surface area (Å²) in [5.74, 6) is 0. The van der Waals surface area contributed by atoms with Gasteiger partial charge in [-0.15, -0.1) is 0 Å². The lowest BCUT2D eigenvalue weighted by Gasteiger charge is -2.46. The Morgan fingerprint density at radius 3 is 1.22 bits per heavy atom. The second kappa shape index (κ2) is 20.0. The molecule has 0 aromatic heterocycles. The van der Waals surface area contributed by atoms with Gasteiger partial charge >= 0.3 is 17.4 Å². The Morgan fingerprint density at radius 1 is 0.500 bits per heavy atom. The fraction of sp³-hybridized carbons (Fsp3) is 0.829. The molecule has 4 rings (SSSR count). The van der Waals surface area contributed by atoms with Crippen molar-refractivity contribution < 1.29 is 44.9 Å². The number of hydrogen-bond acceptors (Lipinski definition) is 10. The Morgan fingerprint density at radius 2 is 0.860 bits per heavy atom. The van der Waals surface area contributed by atoms with Crippen LogP contribution in [-0.2, 0) is 44.9 Å². The van der Waals surface area contributed by atoms with Crippen molar-refractivity contribution in [2.45, 2.75) is 127 Å². The van der Waals surface area contributed by atoms with E-state index in [-0.39, 0.29) is 0 Å². The number of benzene rings is 1. The van der Waals surface area contributed by atoms with Crippen LogP contribution in [0, 0.1) is 0 Å². The van der Waals surface area contributed by atoms with Crippen LogP contribution in [0.25, 0.3) is 0 Å². The largest absolute Gasteiger partial charge is 0.507 e. The van der Waals surface area contributed by atoms with Gasteiger partial charge in [0.25, 0.3) is 0 Å². The minimum Gasteiger partial charge on any atom is -0.436 e. The molecule has 3 saturated heterocycles. The number of hydrogen-bond donors (Lipinski definition) is 0. The van der Waals surface area contributed by atoms with Crippen LogP contribution in [-0.4, -0.2) is 120 Å². The van der Waals surface area contributed by atoms with E-state index in [0.717, 1.165) is 101 Å². The molecule has 0 radical (unpaired) electrons. The summed E-state index contributed by atoms with van der Waals surface area (Å²) in [6.07, 6.45) is 7.14. The van der Waals surface area contributed by atoms with Crippen molar-refractivity contribution in [1.82, 2.24) is 0 Å². The van der Waals surface area contributed by atoms with Gasteiger partial charge < -0.3 is 44.9 Å². The molecule has 10 nitrogen and oxygen atoms in total. The van der Waals surface area contributed by atoms with Gasteiger partial charge in [0, 0.05) is 25.0 Å². The van der Waals surface area contributed by atoms with Crippen molar-refractivity contribution in [3.8, 4) is 0 Å². The van der Waals surface area contributed by atoms with Gasteiger partial charge in [-0.3, -0.25) is 0 Å². The summed E-state index contributed by atoms with van der Waals surface area (Å²) < 4.78 is 62.9. The van der Waals surface area contributed by atoms with Gasteiger partial charge in [0.1, 0.15) is 18.3 Å². The van der Waals surface area contributed by atoms with Crippen LogP contribution >= 0.6 is 0 Å². The maximum Gasteiger partial charge on any atom is 0.507 e. The summed E-state index contributed by atoms with van der Waals surface area (Å²) in [6, 6.07) is 13.6. The van der Waals surface area contributed by atoms with Crippen LogP contribution in [0.15, 0.2) is 30.3 Å². The van der Waals surface area contributed by atoms with Gasteiger partial charge in [-0.05, 0) is 89.8 Å². The second-order valence-electron chi connectivity index (χ2n) is 16.5. The minimum absolute atomic E-state index is 0.303. The molecule has 0 bridgehead atoms. The first kappa shape index (κ1) is 42.6. The lowest BCUT2D eigenvalue weighted by atomic mass is 10.3. The Bertz CT molecular complexity index is 1060. The van der Waals surface area contributed by atoms with Crippen LogP contribution in [0.2, 0.25) is 70.5 Å². The molecule has 0 N–H and O–H groups in total. The molecule has 0 saturated carbocycles. The third-order valence-electron chi connectivity index (χ3n) is 8.92. The third-order valence-corrected chi connectivity index (χ3v) is 28.4. The Balaban J connectivity index is 1.44. The SMILES string of the molecule is C[Si](C)(CCCCOCC1CO1)O[Si](C)(C)O[Si](O[Si](C)(C)CCCCOCC1CO1)(O[Si](C)(C)CCCCOCC1CO1)c1ccccc1. The van der Waals surface area contributed by atoms with Gasteiger partial charge in [0.2, 0.25) is 0 Å². The van der Waals surface area contributed by atoms with E-state index in [1.165, 1.54) is 0 Å². The van der Waals surface area contributed by atoms with Crippen molar-refractivity contribution in [3.63, 3.8) is 0 Å². The highest BCUT2D eigenvalue weighted by Gasteiger charge is 2.55. The number of unbranched alkanes of at least 4 members (excludes halogenated alkanes) is 3. The van der Waals surface area contributed by atoms with Gasteiger partial charge in [-0.2, -0.15) is 0 Å². The van der Waals surface area contributed by atoms with Gasteiger partial charge in [-0.25, -0.2) is 0 Å². The monoisotopic (exact) mass is 788 g/mol. The van der Waals surface area contributed by atoms with Crippen LogP contribution in [0.1, 0.15) is 38.5 Å². The molecule has 3 fully saturated rings. The van der Waals surface area contributed by atoms with E-state index < -0.39 is 42.3 Å². The summed E-state index contributed by atoms with van der Waals surface area (Å²) in [7, 11) is -12.8. The smallest absolute Gasteiger partial charge is 0.436 e. The molecule has 3 atom stereocenters. The minimum atomic E-state index is -3.44. The zero-order chi connectivity index (χ0) is 36.1. The lowest BCUT2D eigenvalue weighted by molar-refractivity contribution is 0.114. The molecule has 1 aromatic rings. The molecule has 0 amide bonds. The van der Waals surface area contributed by atoms with E-state index in [2.05, 4.69) is 82.7 Å². The summed E-state index contributed by atoms with van der Waals surface area (Å²) in [5.41, 5.74) is 0. The highest BCUT2D eigenvalue weighted by Crippen LogP contribution is 2.32. The van der Waals surface area contributed by atoms with E-state index in [1.807, 2.05) is 0 Å². The fourth-order valence-electron chi connectivity index (χ4n) is 6.17. The van der Waals surface area contributed by atoms with Gasteiger partial charge in [0.15, 0.2) is 25.0 Å². The van der Waals surface area contributed by atoms with Crippen molar-refractivity contribution in [2.75, 3.05) is 59.5 Å². The molecule has 288 valence electrons. The maximum atomic E-state index is 7.49. The predicted molar refractivity (Wildman–Crippen MR) is 210 cm³/mol. The molecule has 0 aliphatic carbocycles. The lowest BCUT2D eigenvalue weighted by Crippen LogP contribution is -2.69. The fourth-order valence-corrected chi connectivity index (χ4v) is 28.6. The van der Waals surface area contributed by atoms with E-state index in [0.29, 0.717) is 38.1 Å². The number of rotatable bonds is 30.